The lowest BCUT2D eigenvalue weighted by Crippen LogP contribution is -2.37. The van der Waals surface area contributed by atoms with Gasteiger partial charge in [0, 0.05) is 13.1 Å². The zero-order valence-electron chi connectivity index (χ0n) is 17.4. The number of furan rings is 1. The van der Waals surface area contributed by atoms with Crippen LogP contribution in [0.15, 0.2) is 28.7 Å². The zero-order chi connectivity index (χ0) is 20.1. The van der Waals surface area contributed by atoms with Crippen molar-refractivity contribution in [3.05, 3.63) is 41.3 Å². The molecule has 0 unspecified atom stereocenters. The van der Waals surface area contributed by atoms with E-state index in [1.807, 2.05) is 25.1 Å². The second-order valence-electron chi connectivity index (χ2n) is 7.78. The molecule has 2 aromatic rings. The maximum absolute atomic E-state index is 10.1. The van der Waals surface area contributed by atoms with Gasteiger partial charge in [-0.05, 0) is 75.6 Å². The largest absolute Gasteiger partial charge is 0.502 e. The molecular formula is C22H32N2O4. The van der Waals surface area contributed by atoms with Crippen molar-refractivity contribution in [1.82, 2.24) is 9.80 Å². The molecule has 0 radical (unpaired) electrons. The van der Waals surface area contributed by atoms with E-state index < -0.39 is 0 Å². The van der Waals surface area contributed by atoms with Crippen molar-refractivity contribution < 1.29 is 19.0 Å². The molecule has 1 aliphatic heterocycles. The summed E-state index contributed by atoms with van der Waals surface area (Å²) in [6.07, 6.45) is 2.40. The van der Waals surface area contributed by atoms with Gasteiger partial charge < -0.3 is 23.9 Å². The monoisotopic (exact) mass is 388 g/mol. The predicted molar refractivity (Wildman–Crippen MR) is 109 cm³/mol. The molecule has 0 atom stereocenters. The molecule has 1 aliphatic rings. The van der Waals surface area contributed by atoms with Gasteiger partial charge in [0.25, 0.3) is 0 Å². The molecule has 6 heteroatoms. The van der Waals surface area contributed by atoms with Gasteiger partial charge in [0.15, 0.2) is 11.5 Å². The number of likely N-dealkylation sites (tertiary alicyclic amines) is 1. The minimum atomic E-state index is 0.0514. The van der Waals surface area contributed by atoms with Gasteiger partial charge in [0.1, 0.15) is 11.5 Å². The molecule has 1 N–H and O–H groups in total. The first kappa shape index (κ1) is 20.6. The Morgan fingerprint density at radius 3 is 2.32 bits per heavy atom. The highest BCUT2D eigenvalue weighted by Gasteiger charge is 2.21. The smallest absolute Gasteiger partial charge is 0.200 e. The van der Waals surface area contributed by atoms with Crippen molar-refractivity contribution in [3.8, 4) is 17.2 Å². The van der Waals surface area contributed by atoms with Crippen LogP contribution in [0.3, 0.4) is 0 Å². The molecule has 1 saturated heterocycles. The molecule has 0 saturated carbocycles. The number of benzene rings is 1. The van der Waals surface area contributed by atoms with E-state index >= 15 is 0 Å². The Kier molecular flexibility index (Phi) is 6.86. The Bertz CT molecular complexity index is 741. The van der Waals surface area contributed by atoms with E-state index in [0.717, 1.165) is 49.8 Å². The number of aromatic hydroxyl groups is 1. The van der Waals surface area contributed by atoms with Crippen LogP contribution in [0, 0.1) is 12.8 Å². The fourth-order valence-corrected chi connectivity index (χ4v) is 3.97. The van der Waals surface area contributed by atoms with E-state index in [9.17, 15) is 5.11 Å². The van der Waals surface area contributed by atoms with E-state index in [4.69, 9.17) is 13.9 Å². The second kappa shape index (κ2) is 9.34. The Labute approximate surface area is 167 Å². The molecule has 0 bridgehead atoms. The first-order chi connectivity index (χ1) is 13.5. The highest BCUT2D eigenvalue weighted by atomic mass is 16.5. The molecular weight excluding hydrogens is 356 g/mol. The molecule has 6 nitrogen and oxygen atoms in total. The third kappa shape index (κ3) is 5.20. The Hall–Kier alpha value is -2.18. The maximum Gasteiger partial charge on any atom is 0.200 e. The summed E-state index contributed by atoms with van der Waals surface area (Å²) in [6.45, 7) is 6.96. The number of hydrogen-bond acceptors (Lipinski definition) is 6. The summed E-state index contributed by atoms with van der Waals surface area (Å²) < 4.78 is 16.2. The van der Waals surface area contributed by atoms with Crippen molar-refractivity contribution in [2.24, 2.45) is 5.92 Å². The van der Waals surface area contributed by atoms with Crippen molar-refractivity contribution >= 4 is 0 Å². The lowest BCUT2D eigenvalue weighted by atomic mass is 9.96. The van der Waals surface area contributed by atoms with Crippen molar-refractivity contribution in [2.75, 3.05) is 40.9 Å². The van der Waals surface area contributed by atoms with Crippen LogP contribution < -0.4 is 9.47 Å². The van der Waals surface area contributed by atoms with Gasteiger partial charge in [-0.15, -0.1) is 0 Å². The van der Waals surface area contributed by atoms with Crippen LogP contribution in [0.25, 0.3) is 0 Å². The number of nitrogens with zero attached hydrogens (tertiary/aromatic N) is 2. The van der Waals surface area contributed by atoms with E-state index in [1.165, 1.54) is 12.8 Å². The fourth-order valence-electron chi connectivity index (χ4n) is 3.97. The molecule has 28 heavy (non-hydrogen) atoms. The van der Waals surface area contributed by atoms with Crippen LogP contribution in [0.5, 0.6) is 17.2 Å². The van der Waals surface area contributed by atoms with Gasteiger partial charge in [0.05, 0.1) is 20.8 Å². The Morgan fingerprint density at radius 1 is 1.14 bits per heavy atom. The molecule has 3 rings (SSSR count). The zero-order valence-corrected chi connectivity index (χ0v) is 17.4. The van der Waals surface area contributed by atoms with Crippen LogP contribution in [0.4, 0.5) is 0 Å². The number of rotatable bonds is 8. The highest BCUT2D eigenvalue weighted by molar-refractivity contribution is 5.52. The number of aryl methyl sites for hydroxylation is 1. The van der Waals surface area contributed by atoms with Crippen LogP contribution >= 0.6 is 0 Å². The van der Waals surface area contributed by atoms with Gasteiger partial charge in [-0.25, -0.2) is 0 Å². The van der Waals surface area contributed by atoms with Crippen molar-refractivity contribution in [2.45, 2.75) is 32.9 Å². The van der Waals surface area contributed by atoms with Crippen LogP contribution in [-0.2, 0) is 13.1 Å². The van der Waals surface area contributed by atoms with E-state index in [-0.39, 0.29) is 5.75 Å². The number of phenolic OH excluding ortho intramolecular Hbond substituents is 1. The van der Waals surface area contributed by atoms with Crippen LogP contribution in [0.2, 0.25) is 0 Å². The molecule has 1 aromatic carbocycles. The fraction of sp³-hybridized carbons (Fsp3) is 0.545. The van der Waals surface area contributed by atoms with Gasteiger partial charge in [-0.3, -0.25) is 4.90 Å². The van der Waals surface area contributed by atoms with E-state index in [1.54, 1.807) is 14.2 Å². The minimum absolute atomic E-state index is 0.0514. The Morgan fingerprint density at radius 2 is 1.79 bits per heavy atom. The lowest BCUT2D eigenvalue weighted by molar-refractivity contribution is 0.140. The minimum Gasteiger partial charge on any atom is -0.502 e. The highest BCUT2D eigenvalue weighted by Crippen LogP contribution is 2.37. The molecule has 1 fully saturated rings. The van der Waals surface area contributed by atoms with E-state index in [0.29, 0.717) is 17.4 Å². The standard InChI is InChI=1S/C22H32N2O4/c1-16-5-6-19(28-16)15-24-9-7-17(8-10-24)13-23(2)14-18-11-20(26-3)22(25)21(12-18)27-4/h5-6,11-12,17,25H,7-10,13-15H2,1-4H3. The van der Waals surface area contributed by atoms with Crippen LogP contribution in [0.1, 0.15) is 29.9 Å². The first-order valence-electron chi connectivity index (χ1n) is 9.88. The van der Waals surface area contributed by atoms with Crippen LogP contribution in [-0.4, -0.2) is 55.8 Å². The Balaban J connectivity index is 1.49. The summed E-state index contributed by atoms with van der Waals surface area (Å²) in [7, 11) is 5.25. The lowest BCUT2D eigenvalue weighted by Gasteiger charge is -2.33. The van der Waals surface area contributed by atoms with Gasteiger partial charge in [-0.1, -0.05) is 0 Å². The normalized spacial score (nSPS) is 15.9. The third-order valence-corrected chi connectivity index (χ3v) is 5.44. The summed E-state index contributed by atoms with van der Waals surface area (Å²) in [5.74, 6) is 3.68. The number of piperidine rings is 1. The first-order valence-corrected chi connectivity index (χ1v) is 9.88. The summed E-state index contributed by atoms with van der Waals surface area (Å²) in [5, 5.41) is 10.1. The molecule has 0 aliphatic carbocycles. The number of hydrogen-bond donors (Lipinski definition) is 1. The van der Waals surface area contributed by atoms with Crippen molar-refractivity contribution in [3.63, 3.8) is 0 Å². The second-order valence-corrected chi connectivity index (χ2v) is 7.78. The predicted octanol–water partition coefficient (Wildman–Crippen LogP) is 3.65. The van der Waals surface area contributed by atoms with Gasteiger partial charge in [0.2, 0.25) is 5.75 Å². The SMILES string of the molecule is COc1cc(CN(C)CC2CCN(Cc3ccc(C)o3)CC2)cc(OC)c1O. The molecule has 0 spiro atoms. The quantitative estimate of drug-likeness (QED) is 0.745. The van der Waals surface area contributed by atoms with Gasteiger partial charge in [-0.2, -0.15) is 0 Å². The third-order valence-electron chi connectivity index (χ3n) is 5.44. The van der Waals surface area contributed by atoms with Crippen molar-refractivity contribution in [1.29, 1.82) is 0 Å². The summed E-state index contributed by atoms with van der Waals surface area (Å²) in [6, 6.07) is 7.87. The average molecular weight is 389 g/mol. The van der Waals surface area contributed by atoms with E-state index in [2.05, 4.69) is 22.9 Å². The summed E-state index contributed by atoms with van der Waals surface area (Å²) in [5.41, 5.74) is 1.07. The summed E-state index contributed by atoms with van der Waals surface area (Å²) >= 11 is 0. The number of phenols is 1. The maximum atomic E-state index is 10.1. The molecule has 0 amide bonds. The summed E-state index contributed by atoms with van der Waals surface area (Å²) in [4.78, 5) is 4.81. The number of methoxy groups -OCH3 is 2. The molecule has 2 heterocycles. The average Bonchev–Trinajstić information content (AvgIpc) is 3.09. The molecule has 154 valence electrons. The topological polar surface area (TPSA) is 58.3 Å². The van der Waals surface area contributed by atoms with Gasteiger partial charge >= 0.3 is 0 Å². The number of ether oxygens (including phenoxy) is 2. The molecule has 1 aromatic heterocycles.